The van der Waals surface area contributed by atoms with Crippen molar-refractivity contribution in [2.45, 2.75) is 19.8 Å². The highest BCUT2D eigenvalue weighted by molar-refractivity contribution is 7.80. The molecule has 0 fully saturated rings. The van der Waals surface area contributed by atoms with Crippen molar-refractivity contribution in [2.75, 3.05) is 0 Å². The van der Waals surface area contributed by atoms with Gasteiger partial charge in [0.25, 0.3) is 0 Å². The van der Waals surface area contributed by atoms with E-state index in [0.29, 0.717) is 4.99 Å². The first-order valence-corrected chi connectivity index (χ1v) is 8.72. The van der Waals surface area contributed by atoms with Gasteiger partial charge in [-0.05, 0) is 35.4 Å². The summed E-state index contributed by atoms with van der Waals surface area (Å²) in [6.07, 6.45) is 2.09. The van der Waals surface area contributed by atoms with Gasteiger partial charge in [0.05, 0.1) is 16.4 Å². The van der Waals surface area contributed by atoms with E-state index < -0.39 is 0 Å². The van der Waals surface area contributed by atoms with Crippen LogP contribution >= 0.6 is 12.2 Å². The van der Waals surface area contributed by atoms with Gasteiger partial charge in [-0.25, -0.2) is 4.98 Å². The maximum absolute atomic E-state index is 5.98. The third kappa shape index (κ3) is 2.68. The van der Waals surface area contributed by atoms with Gasteiger partial charge < -0.3 is 10.1 Å². The van der Waals surface area contributed by atoms with E-state index in [1.54, 1.807) is 0 Å². The quantitative estimate of drug-likeness (QED) is 0.540. The summed E-state index contributed by atoms with van der Waals surface area (Å²) in [6.45, 7) is 4.11. The Morgan fingerprint density at radius 2 is 1.84 bits per heavy atom. The molecule has 3 nitrogen and oxygen atoms in total. The average Bonchev–Trinajstić information content (AvgIpc) is 2.99. The highest BCUT2D eigenvalue weighted by Crippen LogP contribution is 2.32. The first kappa shape index (κ1) is 15.8. The van der Waals surface area contributed by atoms with E-state index in [1.165, 1.54) is 16.3 Å². The monoisotopic (exact) mass is 345 g/mol. The normalized spacial score (nSPS) is 12.6. The fourth-order valence-corrected chi connectivity index (χ4v) is 3.38. The van der Waals surface area contributed by atoms with Crippen molar-refractivity contribution < 1.29 is 0 Å². The van der Waals surface area contributed by atoms with E-state index in [-0.39, 0.29) is 5.92 Å². The molecular formula is C21H19N3S. The molecule has 124 valence electrons. The van der Waals surface area contributed by atoms with E-state index in [1.807, 2.05) is 13.0 Å². The lowest BCUT2D eigenvalue weighted by Crippen LogP contribution is -2.18. The zero-order chi connectivity index (χ0) is 17.6. The van der Waals surface area contributed by atoms with Gasteiger partial charge in [0.1, 0.15) is 5.65 Å². The molecule has 1 unspecified atom stereocenters. The van der Waals surface area contributed by atoms with Crippen LogP contribution in [0.3, 0.4) is 0 Å². The second-order valence-corrected chi connectivity index (χ2v) is 6.94. The number of pyridine rings is 1. The van der Waals surface area contributed by atoms with E-state index >= 15 is 0 Å². The molecule has 0 radical (unpaired) electrons. The minimum atomic E-state index is -0.0618. The van der Waals surface area contributed by atoms with Gasteiger partial charge in [0.2, 0.25) is 0 Å². The Bertz CT molecular complexity index is 1110. The summed E-state index contributed by atoms with van der Waals surface area (Å²) >= 11 is 5.29. The van der Waals surface area contributed by atoms with E-state index in [2.05, 4.69) is 66.1 Å². The van der Waals surface area contributed by atoms with Crippen molar-refractivity contribution in [3.63, 3.8) is 0 Å². The Balaban J connectivity index is 2.02. The Morgan fingerprint density at radius 1 is 1.08 bits per heavy atom. The van der Waals surface area contributed by atoms with Crippen molar-refractivity contribution >= 4 is 33.6 Å². The molecule has 0 bridgehead atoms. The molecule has 0 aliphatic rings. The lowest BCUT2D eigenvalue weighted by atomic mass is 9.99. The first-order valence-electron chi connectivity index (χ1n) is 8.31. The fourth-order valence-electron chi connectivity index (χ4n) is 3.27. The molecule has 0 aliphatic carbocycles. The average molecular weight is 345 g/mol. The number of nitrogens with zero attached hydrogens (tertiary/aromatic N) is 2. The van der Waals surface area contributed by atoms with Crippen LogP contribution in [-0.2, 0) is 0 Å². The smallest absolute Gasteiger partial charge is 0.137 e. The number of benzene rings is 2. The predicted molar refractivity (Wildman–Crippen MR) is 108 cm³/mol. The van der Waals surface area contributed by atoms with Crippen molar-refractivity contribution in [1.82, 2.24) is 9.38 Å². The van der Waals surface area contributed by atoms with Crippen LogP contribution in [0.5, 0.6) is 0 Å². The summed E-state index contributed by atoms with van der Waals surface area (Å²) in [5, 5.41) is 2.41. The number of hydrogen-bond acceptors (Lipinski definition) is 2. The van der Waals surface area contributed by atoms with Gasteiger partial charge in [0, 0.05) is 17.7 Å². The summed E-state index contributed by atoms with van der Waals surface area (Å²) in [6, 6.07) is 18.9. The van der Waals surface area contributed by atoms with Crippen LogP contribution in [-0.4, -0.2) is 14.4 Å². The topological polar surface area (TPSA) is 43.3 Å². The molecule has 25 heavy (non-hydrogen) atoms. The zero-order valence-electron chi connectivity index (χ0n) is 14.2. The van der Waals surface area contributed by atoms with Crippen molar-refractivity contribution in [3.8, 4) is 11.3 Å². The minimum absolute atomic E-state index is 0.0618. The lowest BCUT2D eigenvalue weighted by molar-refractivity contribution is 0.926. The molecule has 2 heterocycles. The number of thiocarbonyl (C=S) groups is 1. The third-order valence-corrected chi connectivity index (χ3v) is 5.02. The largest absolute Gasteiger partial charge is 0.393 e. The number of fused-ring (bicyclic) bond motifs is 2. The number of aromatic nitrogens is 2. The number of imidazole rings is 1. The number of aryl methyl sites for hydroxylation is 1. The molecule has 0 spiro atoms. The molecule has 2 N–H and O–H groups in total. The highest BCUT2D eigenvalue weighted by atomic mass is 32.1. The first-order chi connectivity index (χ1) is 12.0. The Hall–Kier alpha value is -2.72. The summed E-state index contributed by atoms with van der Waals surface area (Å²) in [4.78, 5) is 5.36. The van der Waals surface area contributed by atoms with Crippen LogP contribution < -0.4 is 5.73 Å². The summed E-state index contributed by atoms with van der Waals surface area (Å²) in [7, 11) is 0. The molecule has 0 amide bonds. The molecule has 0 saturated heterocycles. The molecule has 4 heteroatoms. The van der Waals surface area contributed by atoms with Gasteiger partial charge in [-0.15, -0.1) is 0 Å². The highest BCUT2D eigenvalue weighted by Gasteiger charge is 2.21. The molecule has 4 aromatic rings. The van der Waals surface area contributed by atoms with Crippen LogP contribution in [0.2, 0.25) is 0 Å². The second kappa shape index (κ2) is 5.97. The van der Waals surface area contributed by atoms with Crippen LogP contribution in [0.15, 0.2) is 60.8 Å². The van der Waals surface area contributed by atoms with Crippen LogP contribution in [0, 0.1) is 6.92 Å². The molecule has 4 rings (SSSR count). The van der Waals surface area contributed by atoms with E-state index in [9.17, 15) is 0 Å². The van der Waals surface area contributed by atoms with E-state index in [4.69, 9.17) is 22.9 Å². The summed E-state index contributed by atoms with van der Waals surface area (Å²) in [5.41, 5.74) is 11.1. The van der Waals surface area contributed by atoms with Crippen LogP contribution in [0.25, 0.3) is 27.7 Å². The molecule has 0 saturated carbocycles. The minimum Gasteiger partial charge on any atom is -0.393 e. The number of rotatable bonds is 3. The van der Waals surface area contributed by atoms with Crippen molar-refractivity contribution in [3.05, 3.63) is 72.1 Å². The van der Waals surface area contributed by atoms with Crippen molar-refractivity contribution in [1.29, 1.82) is 0 Å². The maximum atomic E-state index is 5.98. The van der Waals surface area contributed by atoms with Gasteiger partial charge in [-0.2, -0.15) is 0 Å². The van der Waals surface area contributed by atoms with Gasteiger partial charge >= 0.3 is 0 Å². The molecule has 0 aliphatic heterocycles. The number of nitrogens with two attached hydrogens (primary N) is 1. The van der Waals surface area contributed by atoms with Gasteiger partial charge in [-0.3, -0.25) is 0 Å². The Kier molecular flexibility index (Phi) is 3.77. The van der Waals surface area contributed by atoms with E-state index in [0.717, 1.165) is 22.6 Å². The number of hydrogen-bond donors (Lipinski definition) is 1. The Labute approximate surface area is 152 Å². The zero-order valence-corrected chi connectivity index (χ0v) is 15.0. The van der Waals surface area contributed by atoms with Gasteiger partial charge in [0.15, 0.2) is 0 Å². The molecule has 1 atom stereocenters. The van der Waals surface area contributed by atoms with Crippen LogP contribution in [0.1, 0.15) is 24.1 Å². The van der Waals surface area contributed by atoms with Crippen LogP contribution in [0.4, 0.5) is 0 Å². The molecule has 2 aromatic carbocycles. The second-order valence-electron chi connectivity index (χ2n) is 6.47. The predicted octanol–water partition coefficient (Wildman–Crippen LogP) is 4.85. The Morgan fingerprint density at radius 3 is 2.60 bits per heavy atom. The third-order valence-electron chi connectivity index (χ3n) is 4.66. The SMILES string of the molecule is Cc1ccc2nc(-c3ccc4ccccc4c3)c(C(C)C(N)=S)n2c1. The summed E-state index contributed by atoms with van der Waals surface area (Å²) in [5.74, 6) is -0.0618. The lowest BCUT2D eigenvalue weighted by Gasteiger charge is -2.13. The van der Waals surface area contributed by atoms with Gasteiger partial charge in [-0.1, -0.05) is 61.6 Å². The fraction of sp³-hybridized carbons (Fsp3) is 0.143. The maximum Gasteiger partial charge on any atom is 0.137 e. The summed E-state index contributed by atoms with van der Waals surface area (Å²) < 4.78 is 2.11. The molecular weight excluding hydrogens is 326 g/mol. The standard InChI is InChI=1S/C21H19N3S/c1-13-7-10-18-23-19(20(24(18)12-13)14(2)21(22)25)17-9-8-15-5-3-4-6-16(15)11-17/h3-12,14H,1-2H3,(H2,22,25). The molecule has 2 aromatic heterocycles. The van der Waals surface area contributed by atoms with Crippen molar-refractivity contribution in [2.24, 2.45) is 5.73 Å².